The molecule has 194 valence electrons. The minimum atomic E-state index is -0.308. The van der Waals surface area contributed by atoms with Crippen molar-refractivity contribution in [3.05, 3.63) is 93.7 Å². The third-order valence-corrected chi connectivity index (χ3v) is 6.86. The van der Waals surface area contributed by atoms with Gasteiger partial charge in [0, 0.05) is 36.4 Å². The van der Waals surface area contributed by atoms with Gasteiger partial charge in [0.2, 0.25) is 0 Å². The lowest BCUT2D eigenvalue weighted by molar-refractivity contribution is 0.470. The van der Waals surface area contributed by atoms with Gasteiger partial charge in [-0.1, -0.05) is 18.9 Å². The zero-order valence-electron chi connectivity index (χ0n) is 21.9. The third kappa shape index (κ3) is 4.89. The maximum Gasteiger partial charge on any atom is 0.193 e. The van der Waals surface area contributed by atoms with Crippen LogP contribution >= 0.6 is 11.9 Å². The van der Waals surface area contributed by atoms with E-state index in [-0.39, 0.29) is 11.2 Å². The second-order valence-electron chi connectivity index (χ2n) is 9.14. The molecule has 1 N–H and O–H groups in total. The lowest BCUT2D eigenvalue weighted by Gasteiger charge is -2.19. The molecule has 5 aromatic rings. The molecule has 0 aliphatic rings. The molecule has 0 bridgehead atoms. The van der Waals surface area contributed by atoms with Crippen LogP contribution in [0.3, 0.4) is 0 Å². The van der Waals surface area contributed by atoms with Crippen LogP contribution in [0.4, 0.5) is 10.1 Å². The van der Waals surface area contributed by atoms with Gasteiger partial charge in [-0.2, -0.15) is 5.10 Å². The Hall–Kier alpha value is -4.11. The lowest BCUT2D eigenvalue weighted by atomic mass is 10.1. The fraction of sp³-hybridized carbons (Fsp3) is 0.207. The van der Waals surface area contributed by atoms with E-state index in [1.807, 2.05) is 62.0 Å². The van der Waals surface area contributed by atoms with Gasteiger partial charge in [-0.05, 0) is 80.4 Å². The Morgan fingerprint density at radius 2 is 1.76 bits per heavy atom. The number of benzene rings is 2. The summed E-state index contributed by atoms with van der Waals surface area (Å²) >= 11 is 1.57. The molecule has 0 saturated heterocycles. The van der Waals surface area contributed by atoms with Crippen LogP contribution in [0.25, 0.3) is 28.1 Å². The second-order valence-corrected chi connectivity index (χ2v) is 10.2. The van der Waals surface area contributed by atoms with Crippen molar-refractivity contribution in [2.24, 2.45) is 7.05 Å². The number of halogens is 1. The molecule has 0 saturated carbocycles. The molecular formula is C29H28FN5O2S. The molecule has 0 radical (unpaired) electrons. The van der Waals surface area contributed by atoms with Crippen molar-refractivity contribution >= 4 is 28.7 Å². The van der Waals surface area contributed by atoms with Gasteiger partial charge < -0.3 is 9.46 Å². The van der Waals surface area contributed by atoms with Crippen molar-refractivity contribution in [1.82, 2.24) is 19.3 Å². The predicted octanol–water partition coefficient (Wildman–Crippen LogP) is 6.72. The van der Waals surface area contributed by atoms with Crippen LogP contribution in [0.15, 0.2) is 65.7 Å². The highest BCUT2D eigenvalue weighted by atomic mass is 32.2. The second kappa shape index (κ2) is 10.3. The number of pyridine rings is 2. The van der Waals surface area contributed by atoms with Crippen LogP contribution in [0.5, 0.6) is 11.5 Å². The van der Waals surface area contributed by atoms with Gasteiger partial charge in [0.05, 0.1) is 16.8 Å². The highest BCUT2D eigenvalue weighted by Gasteiger charge is 2.18. The van der Waals surface area contributed by atoms with Crippen molar-refractivity contribution in [2.75, 3.05) is 10.5 Å². The van der Waals surface area contributed by atoms with Crippen molar-refractivity contribution < 1.29 is 9.13 Å². The summed E-state index contributed by atoms with van der Waals surface area (Å²) in [5, 5.41) is 4.97. The molecule has 0 aliphatic carbocycles. The minimum absolute atomic E-state index is 0.0835. The van der Waals surface area contributed by atoms with Crippen LogP contribution in [-0.2, 0) is 7.05 Å². The Morgan fingerprint density at radius 1 is 1.00 bits per heavy atom. The summed E-state index contributed by atoms with van der Waals surface area (Å²) < 4.78 is 27.4. The molecule has 38 heavy (non-hydrogen) atoms. The average molecular weight is 530 g/mol. The zero-order chi connectivity index (χ0) is 27.0. The molecule has 9 heteroatoms. The number of nitrogens with one attached hydrogen (secondary N) is 1. The summed E-state index contributed by atoms with van der Waals surface area (Å²) in [6, 6.07) is 14.2. The van der Waals surface area contributed by atoms with E-state index in [4.69, 9.17) is 9.72 Å². The molecule has 3 heterocycles. The molecule has 5 rings (SSSR count). The van der Waals surface area contributed by atoms with Crippen LogP contribution in [-0.4, -0.2) is 25.1 Å². The van der Waals surface area contributed by atoms with E-state index >= 15 is 0 Å². The monoisotopic (exact) mass is 529 g/mol. The van der Waals surface area contributed by atoms with Crippen LogP contribution in [0, 0.1) is 26.6 Å². The van der Waals surface area contributed by atoms with E-state index in [2.05, 4.69) is 16.7 Å². The van der Waals surface area contributed by atoms with E-state index in [0.29, 0.717) is 56.3 Å². The Bertz CT molecular complexity index is 1700. The number of hydrogen-bond donors (Lipinski definition) is 1. The standard InChI is InChI=1S/C29H28FN5O2S/c1-6-38-33-21-7-10-26(37-28-17(2)13-20(30)14-18(28)3)25(15-21)35-16-19(4)27(36)22-8-9-23(31-29(22)35)24-11-12-34(5)32-24/h7-16,33H,6H2,1-5H3. The summed E-state index contributed by atoms with van der Waals surface area (Å²) in [6.45, 7) is 7.49. The molecule has 0 aliphatic heterocycles. The minimum Gasteiger partial charge on any atom is -0.455 e. The van der Waals surface area contributed by atoms with Crippen LogP contribution in [0.1, 0.15) is 23.6 Å². The maximum absolute atomic E-state index is 14.0. The first-order chi connectivity index (χ1) is 18.2. The molecule has 2 aromatic carbocycles. The predicted molar refractivity (Wildman–Crippen MR) is 152 cm³/mol. The van der Waals surface area contributed by atoms with Crippen molar-refractivity contribution in [2.45, 2.75) is 27.7 Å². The Labute approximate surface area is 224 Å². The number of ether oxygens (including phenoxy) is 1. The lowest BCUT2D eigenvalue weighted by Crippen LogP contribution is -2.13. The van der Waals surface area contributed by atoms with E-state index in [1.165, 1.54) is 12.1 Å². The van der Waals surface area contributed by atoms with Crippen molar-refractivity contribution in [1.29, 1.82) is 0 Å². The van der Waals surface area contributed by atoms with Gasteiger partial charge in [-0.25, -0.2) is 9.37 Å². The third-order valence-electron chi connectivity index (χ3n) is 6.19. The topological polar surface area (TPSA) is 74.0 Å². The van der Waals surface area contributed by atoms with Gasteiger partial charge >= 0.3 is 0 Å². The molecule has 0 amide bonds. The fourth-order valence-corrected chi connectivity index (χ4v) is 4.83. The summed E-state index contributed by atoms with van der Waals surface area (Å²) in [7, 11) is 1.85. The normalized spacial score (nSPS) is 11.2. The SMILES string of the molecule is CCSNc1ccc(Oc2c(C)cc(F)cc2C)c(-n2cc(C)c(=O)c3ccc(-c4ccn(C)n4)nc32)c1. The fourth-order valence-electron chi connectivity index (χ4n) is 4.39. The zero-order valence-corrected chi connectivity index (χ0v) is 22.7. The van der Waals surface area contributed by atoms with Gasteiger partial charge in [-0.15, -0.1) is 0 Å². The number of aromatic nitrogens is 4. The highest BCUT2D eigenvalue weighted by Crippen LogP contribution is 2.36. The summed E-state index contributed by atoms with van der Waals surface area (Å²) in [5.41, 5.74) is 5.28. The first-order valence-corrected chi connectivity index (χ1v) is 13.2. The molecule has 0 atom stereocenters. The average Bonchev–Trinajstić information content (AvgIpc) is 3.33. The van der Waals surface area contributed by atoms with E-state index in [9.17, 15) is 9.18 Å². The first-order valence-electron chi connectivity index (χ1n) is 12.2. The quantitative estimate of drug-likeness (QED) is 0.236. The van der Waals surface area contributed by atoms with E-state index in [0.717, 1.165) is 11.4 Å². The molecule has 0 spiro atoms. The number of nitrogens with zero attached hydrogens (tertiary/aromatic N) is 4. The van der Waals surface area contributed by atoms with Gasteiger partial charge in [-0.3, -0.25) is 14.0 Å². The highest BCUT2D eigenvalue weighted by molar-refractivity contribution is 8.00. The van der Waals surface area contributed by atoms with Gasteiger partial charge in [0.1, 0.15) is 22.9 Å². The largest absolute Gasteiger partial charge is 0.455 e. The van der Waals surface area contributed by atoms with Crippen molar-refractivity contribution in [3.63, 3.8) is 0 Å². The summed E-state index contributed by atoms with van der Waals surface area (Å²) in [6.07, 6.45) is 3.63. The van der Waals surface area contributed by atoms with E-state index in [1.54, 1.807) is 35.8 Å². The number of rotatable bonds is 7. The van der Waals surface area contributed by atoms with Gasteiger partial charge in [0.15, 0.2) is 11.2 Å². The number of hydrogen-bond acceptors (Lipinski definition) is 6. The maximum atomic E-state index is 14.0. The van der Waals surface area contributed by atoms with Crippen LogP contribution < -0.4 is 14.9 Å². The summed E-state index contributed by atoms with van der Waals surface area (Å²) in [5.74, 6) is 1.71. The molecule has 0 fully saturated rings. The molecule has 3 aromatic heterocycles. The first kappa shape index (κ1) is 25.5. The van der Waals surface area contributed by atoms with Crippen molar-refractivity contribution in [3.8, 4) is 28.6 Å². The molecule has 7 nitrogen and oxygen atoms in total. The van der Waals surface area contributed by atoms with Gasteiger partial charge in [0.25, 0.3) is 0 Å². The number of fused-ring (bicyclic) bond motifs is 1. The van der Waals surface area contributed by atoms with Crippen LogP contribution in [0.2, 0.25) is 0 Å². The summed E-state index contributed by atoms with van der Waals surface area (Å²) in [4.78, 5) is 18.0. The smallest absolute Gasteiger partial charge is 0.193 e. The number of aryl methyl sites for hydroxylation is 4. The van der Waals surface area contributed by atoms with E-state index < -0.39 is 0 Å². The Balaban J connectivity index is 1.75. The Morgan fingerprint density at radius 3 is 2.45 bits per heavy atom. The molecule has 0 unspecified atom stereocenters. The number of anilines is 1. The molecular weight excluding hydrogens is 501 g/mol. The Kier molecular flexibility index (Phi) is 6.94.